The van der Waals surface area contributed by atoms with E-state index < -0.39 is 0 Å². The molecule has 0 spiro atoms. The van der Waals surface area contributed by atoms with E-state index in [-0.39, 0.29) is 11.8 Å². The van der Waals surface area contributed by atoms with Gasteiger partial charge in [0.25, 0.3) is 0 Å². The SMILES string of the molecule is CC(C)C(=O)N1CCN(c2nnc3ccc(Cl)cn23)CC1. The van der Waals surface area contributed by atoms with Gasteiger partial charge in [0.15, 0.2) is 5.65 Å². The van der Waals surface area contributed by atoms with E-state index in [1.807, 2.05) is 35.4 Å². The van der Waals surface area contributed by atoms with E-state index in [9.17, 15) is 4.79 Å². The molecule has 0 N–H and O–H groups in total. The quantitative estimate of drug-likeness (QED) is 0.847. The molecule has 0 aromatic carbocycles. The lowest BCUT2D eigenvalue weighted by atomic mass is 10.1. The summed E-state index contributed by atoms with van der Waals surface area (Å²) in [6.45, 7) is 6.81. The smallest absolute Gasteiger partial charge is 0.231 e. The molecular weight excluding hydrogens is 290 g/mol. The number of piperazine rings is 1. The first kappa shape index (κ1) is 14.1. The van der Waals surface area contributed by atoms with Gasteiger partial charge in [-0.1, -0.05) is 25.4 Å². The number of anilines is 1. The Labute approximate surface area is 128 Å². The second-order valence-corrected chi connectivity index (χ2v) is 5.98. The molecule has 1 saturated heterocycles. The molecule has 0 bridgehead atoms. The minimum absolute atomic E-state index is 0.0456. The minimum atomic E-state index is 0.0456. The number of hydrogen-bond donors (Lipinski definition) is 0. The van der Waals surface area contributed by atoms with Crippen molar-refractivity contribution >= 4 is 29.1 Å². The van der Waals surface area contributed by atoms with Crippen LogP contribution in [0.15, 0.2) is 18.3 Å². The van der Waals surface area contributed by atoms with Crippen molar-refractivity contribution in [3.8, 4) is 0 Å². The molecule has 1 aliphatic heterocycles. The molecule has 0 unspecified atom stereocenters. The number of fused-ring (bicyclic) bond motifs is 1. The van der Waals surface area contributed by atoms with Crippen LogP contribution in [0.5, 0.6) is 0 Å². The summed E-state index contributed by atoms with van der Waals surface area (Å²) < 4.78 is 1.89. The highest BCUT2D eigenvalue weighted by Crippen LogP contribution is 2.19. The van der Waals surface area contributed by atoms with Gasteiger partial charge in [-0.2, -0.15) is 0 Å². The molecule has 21 heavy (non-hydrogen) atoms. The van der Waals surface area contributed by atoms with Gasteiger partial charge in [-0.05, 0) is 12.1 Å². The summed E-state index contributed by atoms with van der Waals surface area (Å²) in [4.78, 5) is 16.1. The fourth-order valence-corrected chi connectivity index (χ4v) is 2.72. The molecule has 3 rings (SSSR count). The summed E-state index contributed by atoms with van der Waals surface area (Å²) in [6, 6.07) is 3.64. The maximum absolute atomic E-state index is 12.0. The Morgan fingerprint density at radius 1 is 1.19 bits per heavy atom. The Balaban J connectivity index is 1.77. The Hall–Kier alpha value is -1.82. The molecule has 1 fully saturated rings. The third kappa shape index (κ3) is 2.68. The van der Waals surface area contributed by atoms with Crippen molar-refractivity contribution in [3.63, 3.8) is 0 Å². The second-order valence-electron chi connectivity index (χ2n) is 5.54. The number of amides is 1. The van der Waals surface area contributed by atoms with Crippen molar-refractivity contribution in [2.24, 2.45) is 5.92 Å². The van der Waals surface area contributed by atoms with Crippen LogP contribution in [-0.4, -0.2) is 51.6 Å². The van der Waals surface area contributed by atoms with Gasteiger partial charge in [-0.15, -0.1) is 10.2 Å². The van der Waals surface area contributed by atoms with Crippen molar-refractivity contribution in [2.45, 2.75) is 13.8 Å². The number of nitrogens with zero attached hydrogens (tertiary/aromatic N) is 5. The van der Waals surface area contributed by atoms with Crippen molar-refractivity contribution in [2.75, 3.05) is 31.1 Å². The minimum Gasteiger partial charge on any atom is -0.339 e. The number of rotatable bonds is 2. The maximum atomic E-state index is 12.0. The standard InChI is InChI=1S/C14H18ClN5O/c1-10(2)13(21)18-5-7-19(8-6-18)14-17-16-12-4-3-11(15)9-20(12)14/h3-4,9-10H,5-8H2,1-2H3. The third-order valence-electron chi connectivity index (χ3n) is 3.72. The van der Waals surface area contributed by atoms with E-state index >= 15 is 0 Å². The number of aromatic nitrogens is 3. The highest BCUT2D eigenvalue weighted by atomic mass is 35.5. The summed E-state index contributed by atoms with van der Waals surface area (Å²) in [7, 11) is 0. The highest BCUT2D eigenvalue weighted by Gasteiger charge is 2.25. The first-order chi connectivity index (χ1) is 10.1. The van der Waals surface area contributed by atoms with Crippen LogP contribution in [0.2, 0.25) is 5.02 Å². The molecule has 0 saturated carbocycles. The summed E-state index contributed by atoms with van der Waals surface area (Å²) in [5.74, 6) is 1.04. The van der Waals surface area contributed by atoms with Crippen LogP contribution in [0.1, 0.15) is 13.8 Å². The lowest BCUT2D eigenvalue weighted by Gasteiger charge is -2.35. The van der Waals surface area contributed by atoms with Gasteiger partial charge in [-0.25, -0.2) is 0 Å². The zero-order valence-electron chi connectivity index (χ0n) is 12.2. The van der Waals surface area contributed by atoms with Crippen LogP contribution in [0.25, 0.3) is 5.65 Å². The van der Waals surface area contributed by atoms with Gasteiger partial charge < -0.3 is 9.80 Å². The second kappa shape index (κ2) is 5.52. The van der Waals surface area contributed by atoms with Crippen LogP contribution >= 0.6 is 11.6 Å². The largest absolute Gasteiger partial charge is 0.339 e. The van der Waals surface area contributed by atoms with Crippen LogP contribution in [0, 0.1) is 5.92 Å². The first-order valence-electron chi connectivity index (χ1n) is 7.10. The lowest BCUT2D eigenvalue weighted by molar-refractivity contribution is -0.134. The molecule has 0 atom stereocenters. The number of carbonyl (C=O) groups excluding carboxylic acids is 1. The number of pyridine rings is 1. The van der Waals surface area contributed by atoms with Crippen LogP contribution in [-0.2, 0) is 4.79 Å². The molecule has 1 amide bonds. The zero-order valence-corrected chi connectivity index (χ0v) is 12.9. The van der Waals surface area contributed by atoms with Gasteiger partial charge in [0.2, 0.25) is 11.9 Å². The molecule has 112 valence electrons. The topological polar surface area (TPSA) is 53.7 Å². The Bertz CT molecular complexity index is 660. The predicted octanol–water partition coefficient (Wildman–Crippen LogP) is 1.69. The van der Waals surface area contributed by atoms with E-state index in [1.165, 1.54) is 0 Å². The van der Waals surface area contributed by atoms with Gasteiger partial charge in [0.05, 0.1) is 5.02 Å². The summed E-state index contributed by atoms with van der Waals surface area (Å²) in [5, 5.41) is 9.04. The zero-order chi connectivity index (χ0) is 15.0. The third-order valence-corrected chi connectivity index (χ3v) is 3.94. The average Bonchev–Trinajstić information content (AvgIpc) is 2.89. The first-order valence-corrected chi connectivity index (χ1v) is 7.48. The molecule has 2 aromatic heterocycles. The molecule has 3 heterocycles. The maximum Gasteiger partial charge on any atom is 0.231 e. The summed E-state index contributed by atoms with van der Waals surface area (Å²) >= 11 is 6.04. The van der Waals surface area contributed by atoms with E-state index in [0.717, 1.165) is 24.7 Å². The van der Waals surface area contributed by atoms with Crippen molar-refractivity contribution in [1.82, 2.24) is 19.5 Å². The Morgan fingerprint density at radius 2 is 1.90 bits per heavy atom. The molecule has 7 heteroatoms. The van der Waals surface area contributed by atoms with Crippen LogP contribution in [0.4, 0.5) is 5.95 Å². The highest BCUT2D eigenvalue weighted by molar-refractivity contribution is 6.30. The average molecular weight is 308 g/mol. The van der Waals surface area contributed by atoms with E-state index in [1.54, 1.807) is 6.07 Å². The fraction of sp³-hybridized carbons (Fsp3) is 0.500. The number of carbonyl (C=O) groups is 1. The van der Waals surface area contributed by atoms with Gasteiger partial charge in [-0.3, -0.25) is 9.20 Å². The van der Waals surface area contributed by atoms with Crippen molar-refractivity contribution < 1.29 is 4.79 Å². The molecular formula is C14H18ClN5O. The lowest BCUT2D eigenvalue weighted by Crippen LogP contribution is -2.50. The number of hydrogen-bond acceptors (Lipinski definition) is 4. The van der Waals surface area contributed by atoms with E-state index in [4.69, 9.17) is 11.6 Å². The predicted molar refractivity (Wildman–Crippen MR) is 81.6 cm³/mol. The van der Waals surface area contributed by atoms with E-state index in [0.29, 0.717) is 18.1 Å². The van der Waals surface area contributed by atoms with Gasteiger partial charge in [0, 0.05) is 38.3 Å². The van der Waals surface area contributed by atoms with Crippen molar-refractivity contribution in [1.29, 1.82) is 0 Å². The van der Waals surface area contributed by atoms with Crippen LogP contribution in [0.3, 0.4) is 0 Å². The van der Waals surface area contributed by atoms with Crippen LogP contribution < -0.4 is 4.90 Å². The Morgan fingerprint density at radius 3 is 2.57 bits per heavy atom. The van der Waals surface area contributed by atoms with Crippen molar-refractivity contribution in [3.05, 3.63) is 23.4 Å². The summed E-state index contributed by atoms with van der Waals surface area (Å²) in [5.41, 5.74) is 0.773. The molecule has 6 nitrogen and oxygen atoms in total. The molecule has 0 aliphatic carbocycles. The fourth-order valence-electron chi connectivity index (χ4n) is 2.56. The normalized spacial score (nSPS) is 16.0. The van der Waals surface area contributed by atoms with E-state index in [2.05, 4.69) is 15.1 Å². The molecule has 0 radical (unpaired) electrons. The number of halogens is 1. The van der Waals surface area contributed by atoms with Gasteiger partial charge >= 0.3 is 0 Å². The monoisotopic (exact) mass is 307 g/mol. The molecule has 1 aliphatic rings. The molecule has 2 aromatic rings. The Kier molecular flexibility index (Phi) is 3.71. The van der Waals surface area contributed by atoms with Gasteiger partial charge in [0.1, 0.15) is 0 Å². The summed E-state index contributed by atoms with van der Waals surface area (Å²) in [6.07, 6.45) is 1.82.